The predicted molar refractivity (Wildman–Crippen MR) is 52.3 cm³/mol. The summed E-state index contributed by atoms with van der Waals surface area (Å²) in [5.74, 6) is 0.332. The van der Waals surface area contributed by atoms with Gasteiger partial charge in [0, 0.05) is 11.3 Å². The van der Waals surface area contributed by atoms with Crippen molar-refractivity contribution in [2.75, 3.05) is 18.6 Å². The first-order chi connectivity index (χ1) is 5.22. The third-order valence-corrected chi connectivity index (χ3v) is 3.70. The second-order valence-corrected chi connectivity index (χ2v) is 4.41. The van der Waals surface area contributed by atoms with Gasteiger partial charge in [-0.3, -0.25) is 4.79 Å². The molecule has 2 nitrogen and oxygen atoms in total. The van der Waals surface area contributed by atoms with E-state index in [0.29, 0.717) is 10.5 Å². The Morgan fingerprint density at radius 2 is 2.36 bits per heavy atom. The fourth-order valence-electron chi connectivity index (χ4n) is 0.908. The fourth-order valence-corrected chi connectivity index (χ4v) is 1.75. The van der Waals surface area contributed by atoms with E-state index in [2.05, 4.69) is 24.2 Å². The summed E-state index contributed by atoms with van der Waals surface area (Å²) in [5.41, 5.74) is 0. The van der Waals surface area contributed by atoms with Gasteiger partial charge in [0.05, 0.1) is 5.75 Å². The molecule has 64 valence electrons. The average molecular weight is 191 g/mol. The number of hydrogen-bond acceptors (Lipinski definition) is 3. The van der Waals surface area contributed by atoms with Crippen LogP contribution in [0.25, 0.3) is 0 Å². The summed E-state index contributed by atoms with van der Waals surface area (Å²) >= 11 is 5.73. The smallest absolute Gasteiger partial charge is 0.229 e. The van der Waals surface area contributed by atoms with E-state index in [9.17, 15) is 4.79 Å². The van der Waals surface area contributed by atoms with Crippen LogP contribution in [0.4, 0.5) is 0 Å². The zero-order chi connectivity index (χ0) is 8.32. The molecule has 0 saturated heterocycles. The molecule has 1 fully saturated rings. The van der Waals surface area contributed by atoms with Crippen LogP contribution in [-0.2, 0) is 4.79 Å². The molecule has 0 radical (unpaired) electrons. The Labute approximate surface area is 76.9 Å². The minimum Gasteiger partial charge on any atom is -0.354 e. The summed E-state index contributed by atoms with van der Waals surface area (Å²) in [6, 6.07) is 0. The Kier molecular flexibility index (Phi) is 3.13. The molecule has 1 saturated carbocycles. The van der Waals surface area contributed by atoms with Crippen LogP contribution in [0, 0.1) is 0 Å². The Hall–Kier alpha value is 0.170. The monoisotopic (exact) mass is 191 g/mol. The van der Waals surface area contributed by atoms with Crippen LogP contribution in [-0.4, -0.2) is 29.2 Å². The maximum Gasteiger partial charge on any atom is 0.229 e. The van der Waals surface area contributed by atoms with Crippen molar-refractivity contribution in [3.8, 4) is 0 Å². The third-order valence-electron chi connectivity index (χ3n) is 1.99. The average Bonchev–Trinajstić information content (AvgIpc) is 2.81. The molecule has 0 spiro atoms. The molecule has 1 aliphatic carbocycles. The Morgan fingerprint density at radius 3 is 2.73 bits per heavy atom. The molecule has 1 N–H and O–H groups in total. The highest BCUT2D eigenvalue weighted by Crippen LogP contribution is 2.46. The number of thiol groups is 1. The number of hydrogen-bond donors (Lipinski definition) is 2. The highest BCUT2D eigenvalue weighted by atomic mass is 32.2. The molecule has 4 heteroatoms. The van der Waals surface area contributed by atoms with E-state index < -0.39 is 0 Å². The van der Waals surface area contributed by atoms with Crippen molar-refractivity contribution < 1.29 is 4.79 Å². The summed E-state index contributed by atoms with van der Waals surface area (Å²) in [5, 5.41) is 2.85. The normalized spacial score (nSPS) is 19.5. The van der Waals surface area contributed by atoms with Crippen LogP contribution in [0.1, 0.15) is 12.8 Å². The van der Waals surface area contributed by atoms with Gasteiger partial charge in [-0.25, -0.2) is 0 Å². The summed E-state index contributed by atoms with van der Waals surface area (Å²) in [6.45, 7) is 0.813. The molecule has 0 aliphatic heterocycles. The molecule has 1 rings (SSSR count). The van der Waals surface area contributed by atoms with Gasteiger partial charge >= 0.3 is 0 Å². The second kappa shape index (κ2) is 3.72. The maximum atomic E-state index is 10.8. The minimum absolute atomic E-state index is 0.0358. The van der Waals surface area contributed by atoms with Crippen LogP contribution >= 0.6 is 24.4 Å². The topological polar surface area (TPSA) is 29.1 Å². The highest BCUT2D eigenvalue weighted by Gasteiger charge is 2.41. The largest absolute Gasteiger partial charge is 0.354 e. The summed E-state index contributed by atoms with van der Waals surface area (Å²) < 4.78 is 0.374. The highest BCUT2D eigenvalue weighted by molar-refractivity contribution is 8.00. The van der Waals surface area contributed by atoms with Gasteiger partial charge < -0.3 is 5.32 Å². The van der Waals surface area contributed by atoms with Gasteiger partial charge in [-0.15, -0.1) is 0 Å². The fraction of sp³-hybridized carbons (Fsp3) is 0.857. The van der Waals surface area contributed by atoms with Crippen LogP contribution in [0.15, 0.2) is 0 Å². The summed E-state index contributed by atoms with van der Waals surface area (Å²) in [4.78, 5) is 10.8. The molecule has 0 aromatic heterocycles. The molecule has 0 bridgehead atoms. The number of amides is 1. The van der Waals surface area contributed by atoms with E-state index in [0.717, 1.165) is 6.54 Å². The standard InChI is InChI=1S/C7H13NOS2/c1-11-7(2-3-7)5-8-6(9)4-10/h10H,2-5H2,1H3,(H,8,9). The van der Waals surface area contributed by atoms with Gasteiger partial charge in [-0.2, -0.15) is 24.4 Å². The molecule has 0 aromatic carbocycles. The minimum atomic E-state index is 0.0358. The molecule has 0 unspecified atom stereocenters. The number of rotatable bonds is 4. The van der Waals surface area contributed by atoms with Gasteiger partial charge in [0.1, 0.15) is 0 Å². The van der Waals surface area contributed by atoms with Crippen molar-refractivity contribution in [3.63, 3.8) is 0 Å². The maximum absolute atomic E-state index is 10.8. The number of carbonyl (C=O) groups excluding carboxylic acids is 1. The lowest BCUT2D eigenvalue weighted by Gasteiger charge is -2.11. The first-order valence-electron chi connectivity index (χ1n) is 3.65. The van der Waals surface area contributed by atoms with Crippen molar-refractivity contribution >= 4 is 30.3 Å². The molecule has 0 heterocycles. The third kappa shape index (κ3) is 2.60. The predicted octanol–water partition coefficient (Wildman–Crippen LogP) is 0.928. The summed E-state index contributed by atoms with van der Waals surface area (Å²) in [6.07, 6.45) is 4.57. The van der Waals surface area contributed by atoms with Crippen LogP contribution in [0.3, 0.4) is 0 Å². The van der Waals surface area contributed by atoms with E-state index in [1.165, 1.54) is 12.8 Å². The van der Waals surface area contributed by atoms with Crippen molar-refractivity contribution in [2.24, 2.45) is 0 Å². The Bertz CT molecular complexity index is 157. The first-order valence-corrected chi connectivity index (χ1v) is 5.51. The van der Waals surface area contributed by atoms with Gasteiger partial charge in [0.25, 0.3) is 0 Å². The van der Waals surface area contributed by atoms with Gasteiger partial charge in [0.2, 0.25) is 5.91 Å². The molecule has 11 heavy (non-hydrogen) atoms. The van der Waals surface area contributed by atoms with Gasteiger partial charge in [0.15, 0.2) is 0 Å². The molecule has 0 aromatic rings. The van der Waals surface area contributed by atoms with Crippen LogP contribution in [0.5, 0.6) is 0 Å². The van der Waals surface area contributed by atoms with Crippen molar-refractivity contribution in [1.82, 2.24) is 5.32 Å². The lowest BCUT2D eigenvalue weighted by atomic mass is 10.4. The zero-order valence-corrected chi connectivity index (χ0v) is 8.30. The van der Waals surface area contributed by atoms with Crippen molar-refractivity contribution in [3.05, 3.63) is 0 Å². The number of carbonyl (C=O) groups is 1. The quantitative estimate of drug-likeness (QED) is 0.647. The number of thioether (sulfide) groups is 1. The van der Waals surface area contributed by atoms with E-state index >= 15 is 0 Å². The van der Waals surface area contributed by atoms with Crippen LogP contribution < -0.4 is 5.32 Å². The molecular weight excluding hydrogens is 178 g/mol. The second-order valence-electron chi connectivity index (χ2n) is 2.82. The Balaban J connectivity index is 2.16. The van der Waals surface area contributed by atoms with Gasteiger partial charge in [-0.05, 0) is 19.1 Å². The SMILES string of the molecule is CSC1(CNC(=O)CS)CC1. The van der Waals surface area contributed by atoms with Crippen molar-refractivity contribution in [2.45, 2.75) is 17.6 Å². The lowest BCUT2D eigenvalue weighted by molar-refractivity contribution is -0.118. The molecular formula is C7H13NOS2. The lowest BCUT2D eigenvalue weighted by Crippen LogP contribution is -2.32. The van der Waals surface area contributed by atoms with E-state index in [-0.39, 0.29) is 5.91 Å². The summed E-state index contributed by atoms with van der Waals surface area (Å²) in [7, 11) is 0. The van der Waals surface area contributed by atoms with E-state index in [4.69, 9.17) is 0 Å². The van der Waals surface area contributed by atoms with Crippen LogP contribution in [0.2, 0.25) is 0 Å². The van der Waals surface area contributed by atoms with Crippen molar-refractivity contribution in [1.29, 1.82) is 0 Å². The van der Waals surface area contributed by atoms with E-state index in [1.54, 1.807) is 0 Å². The molecule has 1 aliphatic rings. The Morgan fingerprint density at radius 1 is 1.73 bits per heavy atom. The first kappa shape index (κ1) is 9.26. The molecule has 1 amide bonds. The van der Waals surface area contributed by atoms with Gasteiger partial charge in [-0.1, -0.05) is 0 Å². The molecule has 0 atom stereocenters. The zero-order valence-electron chi connectivity index (χ0n) is 6.59. The number of nitrogens with one attached hydrogen (secondary N) is 1. The van der Waals surface area contributed by atoms with E-state index in [1.807, 2.05) is 11.8 Å².